The number of benzene rings is 1. The number of ether oxygens (including phenoxy) is 3. The lowest BCUT2D eigenvalue weighted by Gasteiger charge is -2.14. The van der Waals surface area contributed by atoms with E-state index in [2.05, 4.69) is 24.2 Å². The van der Waals surface area contributed by atoms with Gasteiger partial charge in [-0.2, -0.15) is 0 Å². The van der Waals surface area contributed by atoms with Crippen molar-refractivity contribution in [3.63, 3.8) is 0 Å². The second-order valence-electron chi connectivity index (χ2n) is 5.74. The number of nitrogens with one attached hydrogen (secondary N) is 1. The van der Waals surface area contributed by atoms with E-state index in [1.54, 1.807) is 0 Å². The van der Waals surface area contributed by atoms with Crippen LogP contribution in [0, 0.1) is 5.92 Å². The van der Waals surface area contributed by atoms with Crippen LogP contribution >= 0.6 is 0 Å². The Kier molecular flexibility index (Phi) is 9.68. The number of nitrogens with zero attached hydrogens (tertiary/aromatic N) is 1. The van der Waals surface area contributed by atoms with Crippen LogP contribution in [0.5, 0.6) is 11.5 Å². The van der Waals surface area contributed by atoms with Crippen LogP contribution in [0.25, 0.3) is 0 Å². The first-order valence-corrected chi connectivity index (χ1v) is 8.61. The van der Waals surface area contributed by atoms with Crippen molar-refractivity contribution in [2.45, 2.75) is 34.1 Å². The summed E-state index contributed by atoms with van der Waals surface area (Å²) < 4.78 is 16.6. The Hall–Kier alpha value is -1.95. The highest BCUT2D eigenvalue weighted by molar-refractivity contribution is 5.94. The van der Waals surface area contributed by atoms with Crippen LogP contribution in [-0.4, -0.2) is 38.9 Å². The molecular formula is C18H31N3O3. The lowest BCUT2D eigenvalue weighted by Crippen LogP contribution is -2.23. The van der Waals surface area contributed by atoms with E-state index in [4.69, 9.17) is 19.9 Å². The molecule has 3 N–H and O–H groups in total. The van der Waals surface area contributed by atoms with Gasteiger partial charge < -0.3 is 25.3 Å². The molecule has 6 heteroatoms. The van der Waals surface area contributed by atoms with Gasteiger partial charge in [0.25, 0.3) is 0 Å². The largest absolute Gasteiger partial charge is 0.494 e. The molecule has 0 unspecified atom stereocenters. The van der Waals surface area contributed by atoms with Crippen LogP contribution in [-0.2, 0) is 4.74 Å². The van der Waals surface area contributed by atoms with Crippen molar-refractivity contribution in [3.8, 4) is 11.5 Å². The van der Waals surface area contributed by atoms with Crippen LogP contribution in [0.2, 0.25) is 0 Å². The van der Waals surface area contributed by atoms with Crippen LogP contribution in [0.1, 0.15) is 34.1 Å². The molecule has 0 bridgehead atoms. The van der Waals surface area contributed by atoms with Crippen LogP contribution < -0.4 is 20.5 Å². The quantitative estimate of drug-likeness (QED) is 0.368. The number of aliphatic imine (C=N–C) groups is 1. The van der Waals surface area contributed by atoms with E-state index in [1.165, 1.54) is 0 Å². The first kappa shape index (κ1) is 20.1. The molecule has 6 nitrogen and oxygen atoms in total. The average molecular weight is 337 g/mol. The second kappa shape index (κ2) is 11.6. The molecule has 0 radical (unpaired) electrons. The third-order valence-electron chi connectivity index (χ3n) is 3.00. The maximum absolute atomic E-state index is 5.96. The molecule has 0 heterocycles. The summed E-state index contributed by atoms with van der Waals surface area (Å²) in [6.45, 7) is 11.4. The molecule has 0 amide bonds. The fourth-order valence-corrected chi connectivity index (χ4v) is 2.01. The van der Waals surface area contributed by atoms with E-state index in [-0.39, 0.29) is 0 Å². The topological polar surface area (TPSA) is 78.1 Å². The number of hydrogen-bond acceptors (Lipinski definition) is 4. The fraction of sp³-hybridized carbons (Fsp3) is 0.611. The highest BCUT2D eigenvalue weighted by atomic mass is 16.5. The molecule has 136 valence electrons. The van der Waals surface area contributed by atoms with Crippen molar-refractivity contribution in [1.82, 2.24) is 0 Å². The van der Waals surface area contributed by atoms with Crippen LogP contribution in [0.15, 0.2) is 23.2 Å². The summed E-state index contributed by atoms with van der Waals surface area (Å²) in [4.78, 5) is 4.32. The van der Waals surface area contributed by atoms with Gasteiger partial charge in [-0.25, -0.2) is 0 Å². The Bertz CT molecular complexity index is 504. The molecule has 0 aliphatic heterocycles. The van der Waals surface area contributed by atoms with Crippen molar-refractivity contribution in [1.29, 1.82) is 0 Å². The average Bonchev–Trinajstić information content (AvgIpc) is 2.53. The smallest absolute Gasteiger partial charge is 0.193 e. The number of anilines is 1. The fourth-order valence-electron chi connectivity index (χ4n) is 2.01. The van der Waals surface area contributed by atoms with Gasteiger partial charge in [-0.3, -0.25) is 4.99 Å². The van der Waals surface area contributed by atoms with Crippen molar-refractivity contribution >= 4 is 11.6 Å². The summed E-state index contributed by atoms with van der Waals surface area (Å²) in [5.41, 5.74) is 6.71. The van der Waals surface area contributed by atoms with Crippen LogP contribution in [0.4, 0.5) is 5.69 Å². The molecule has 0 saturated carbocycles. The maximum Gasteiger partial charge on any atom is 0.193 e. The molecular weight excluding hydrogens is 306 g/mol. The zero-order chi connectivity index (χ0) is 17.8. The minimum absolute atomic E-state index is 0.355. The molecule has 0 atom stereocenters. The zero-order valence-electron chi connectivity index (χ0n) is 15.3. The van der Waals surface area contributed by atoms with E-state index >= 15 is 0 Å². The van der Waals surface area contributed by atoms with Gasteiger partial charge in [-0.05, 0) is 38.3 Å². The number of guanidine groups is 1. The summed E-state index contributed by atoms with van der Waals surface area (Å²) in [6.07, 6.45) is 0.840. The molecule has 0 aliphatic rings. The van der Waals surface area contributed by atoms with Crippen molar-refractivity contribution in [3.05, 3.63) is 18.2 Å². The summed E-state index contributed by atoms with van der Waals surface area (Å²) in [5.74, 6) is 2.39. The van der Waals surface area contributed by atoms with Crippen LogP contribution in [0.3, 0.4) is 0 Å². The summed E-state index contributed by atoms with van der Waals surface area (Å²) in [5, 5.41) is 3.09. The molecule has 1 aromatic rings. The van der Waals surface area contributed by atoms with Gasteiger partial charge in [0.1, 0.15) is 11.5 Å². The monoisotopic (exact) mass is 337 g/mol. The predicted octanol–water partition coefficient (Wildman–Crippen LogP) is 3.27. The SMILES string of the molecule is CCOc1ccc(OCC)c(NC(N)=NCCCOCC(C)C)c1. The van der Waals surface area contributed by atoms with E-state index in [0.717, 1.165) is 30.2 Å². The number of hydrogen-bond donors (Lipinski definition) is 2. The molecule has 0 spiro atoms. The van der Waals surface area contributed by atoms with Gasteiger partial charge >= 0.3 is 0 Å². The molecule has 0 aliphatic carbocycles. The first-order chi connectivity index (χ1) is 11.6. The third kappa shape index (κ3) is 8.06. The molecule has 0 fully saturated rings. The zero-order valence-corrected chi connectivity index (χ0v) is 15.3. The van der Waals surface area contributed by atoms with E-state index in [1.807, 2.05) is 32.0 Å². The van der Waals surface area contributed by atoms with Gasteiger partial charge in [0, 0.05) is 25.8 Å². The van der Waals surface area contributed by atoms with Gasteiger partial charge in [0.05, 0.1) is 18.9 Å². The molecule has 1 aromatic carbocycles. The summed E-state index contributed by atoms with van der Waals surface area (Å²) in [6, 6.07) is 5.60. The molecule has 1 rings (SSSR count). The molecule has 0 aromatic heterocycles. The van der Waals surface area contributed by atoms with E-state index in [9.17, 15) is 0 Å². The predicted molar refractivity (Wildman–Crippen MR) is 99.2 cm³/mol. The van der Waals surface area contributed by atoms with Crippen molar-refractivity contribution in [2.24, 2.45) is 16.6 Å². The van der Waals surface area contributed by atoms with E-state index < -0.39 is 0 Å². The van der Waals surface area contributed by atoms with E-state index in [0.29, 0.717) is 38.2 Å². The molecule has 24 heavy (non-hydrogen) atoms. The Balaban J connectivity index is 2.55. The van der Waals surface area contributed by atoms with Crippen molar-refractivity contribution < 1.29 is 14.2 Å². The Morgan fingerprint density at radius 1 is 1.21 bits per heavy atom. The van der Waals surface area contributed by atoms with Crippen molar-refractivity contribution in [2.75, 3.05) is 38.3 Å². The Morgan fingerprint density at radius 2 is 1.96 bits per heavy atom. The number of rotatable bonds is 11. The lowest BCUT2D eigenvalue weighted by molar-refractivity contribution is 0.109. The summed E-state index contributed by atoms with van der Waals surface area (Å²) >= 11 is 0. The van der Waals surface area contributed by atoms with Gasteiger partial charge in [0.15, 0.2) is 5.96 Å². The Morgan fingerprint density at radius 3 is 2.62 bits per heavy atom. The van der Waals surface area contributed by atoms with Gasteiger partial charge in [-0.1, -0.05) is 13.8 Å². The minimum Gasteiger partial charge on any atom is -0.494 e. The first-order valence-electron chi connectivity index (χ1n) is 8.61. The minimum atomic E-state index is 0.355. The standard InChI is InChI=1S/C18H31N3O3/c1-5-23-15-8-9-17(24-6-2)16(12-15)21-18(19)20-10-7-11-22-13-14(3)4/h8-9,12,14H,5-7,10-11,13H2,1-4H3,(H3,19,20,21). The maximum atomic E-state index is 5.96. The Labute approximate surface area is 145 Å². The normalized spacial score (nSPS) is 11.6. The van der Waals surface area contributed by atoms with Gasteiger partial charge in [0.2, 0.25) is 0 Å². The molecule has 0 saturated heterocycles. The lowest BCUT2D eigenvalue weighted by atomic mass is 10.2. The summed E-state index contributed by atoms with van der Waals surface area (Å²) in [7, 11) is 0. The van der Waals surface area contributed by atoms with Gasteiger partial charge in [-0.15, -0.1) is 0 Å². The third-order valence-corrected chi connectivity index (χ3v) is 3.00. The highest BCUT2D eigenvalue weighted by Crippen LogP contribution is 2.29. The number of nitrogens with two attached hydrogens (primary N) is 1. The second-order valence-corrected chi connectivity index (χ2v) is 5.74. The highest BCUT2D eigenvalue weighted by Gasteiger charge is 2.07.